The molecule has 1 aliphatic carbocycles. The average molecular weight is 379 g/mol. The van der Waals surface area contributed by atoms with E-state index in [0.717, 1.165) is 36.8 Å². The quantitative estimate of drug-likeness (QED) is 0.463. The second-order valence-corrected chi connectivity index (χ2v) is 6.43. The summed E-state index contributed by atoms with van der Waals surface area (Å²) in [6.45, 7) is 9.31. The van der Waals surface area contributed by atoms with Gasteiger partial charge in [0, 0.05) is 26.2 Å². The van der Waals surface area contributed by atoms with Gasteiger partial charge < -0.3 is 10.2 Å². The van der Waals surface area contributed by atoms with Gasteiger partial charge in [-0.1, -0.05) is 27.2 Å². The van der Waals surface area contributed by atoms with Crippen LogP contribution in [0.2, 0.25) is 0 Å². The molecule has 4 heteroatoms. The Hall–Kier alpha value is 0. The summed E-state index contributed by atoms with van der Waals surface area (Å²) < 4.78 is 0. The molecule has 19 heavy (non-hydrogen) atoms. The number of halogens is 1. The van der Waals surface area contributed by atoms with E-state index in [2.05, 4.69) is 36.0 Å². The summed E-state index contributed by atoms with van der Waals surface area (Å²) in [4.78, 5) is 6.95. The average Bonchev–Trinajstić information content (AvgIpc) is 3.03. The molecule has 1 N–H and O–H groups in total. The number of piperidine rings is 1. The lowest BCUT2D eigenvalue weighted by Crippen LogP contribution is -2.49. The molecule has 3 nitrogen and oxygen atoms in total. The third-order valence-electron chi connectivity index (χ3n) is 4.28. The summed E-state index contributed by atoms with van der Waals surface area (Å²) in [5.74, 6) is 3.61. The first-order chi connectivity index (χ1) is 8.63. The van der Waals surface area contributed by atoms with Gasteiger partial charge in [-0.2, -0.15) is 0 Å². The normalized spacial score (nSPS) is 34.7. The molecule has 0 aromatic rings. The van der Waals surface area contributed by atoms with E-state index in [1.165, 1.54) is 25.7 Å². The highest BCUT2D eigenvalue weighted by atomic mass is 127. The third kappa shape index (κ3) is 4.80. The topological polar surface area (TPSA) is 27.6 Å². The van der Waals surface area contributed by atoms with Crippen molar-refractivity contribution in [2.45, 2.75) is 52.5 Å². The molecule has 4 atom stereocenters. The van der Waals surface area contributed by atoms with Crippen molar-refractivity contribution in [1.29, 1.82) is 0 Å². The highest BCUT2D eigenvalue weighted by molar-refractivity contribution is 14.0. The van der Waals surface area contributed by atoms with Crippen molar-refractivity contribution >= 4 is 29.9 Å². The molecule has 0 spiro atoms. The van der Waals surface area contributed by atoms with Crippen molar-refractivity contribution < 1.29 is 0 Å². The smallest absolute Gasteiger partial charge is 0.193 e. The Bertz CT molecular complexity index is 296. The summed E-state index contributed by atoms with van der Waals surface area (Å²) in [6.07, 6.45) is 5.36. The van der Waals surface area contributed by atoms with E-state index in [1.807, 2.05) is 7.05 Å². The van der Waals surface area contributed by atoms with Gasteiger partial charge in [0.1, 0.15) is 0 Å². The van der Waals surface area contributed by atoms with Gasteiger partial charge in [-0.15, -0.1) is 24.0 Å². The molecule has 0 bridgehead atoms. The van der Waals surface area contributed by atoms with Gasteiger partial charge in [0.2, 0.25) is 0 Å². The lowest BCUT2D eigenvalue weighted by Gasteiger charge is -2.37. The van der Waals surface area contributed by atoms with E-state index in [4.69, 9.17) is 0 Å². The van der Waals surface area contributed by atoms with Gasteiger partial charge >= 0.3 is 0 Å². The van der Waals surface area contributed by atoms with Crippen LogP contribution in [0.5, 0.6) is 0 Å². The van der Waals surface area contributed by atoms with Crippen LogP contribution < -0.4 is 5.32 Å². The zero-order chi connectivity index (χ0) is 13.1. The van der Waals surface area contributed by atoms with Crippen LogP contribution in [-0.4, -0.2) is 37.0 Å². The Labute approximate surface area is 135 Å². The summed E-state index contributed by atoms with van der Waals surface area (Å²) in [5.41, 5.74) is 0. The van der Waals surface area contributed by atoms with Crippen molar-refractivity contribution in [2.75, 3.05) is 20.1 Å². The first-order valence-electron chi connectivity index (χ1n) is 7.62. The Kier molecular flexibility index (Phi) is 6.91. The number of rotatable bonds is 3. The van der Waals surface area contributed by atoms with E-state index >= 15 is 0 Å². The zero-order valence-corrected chi connectivity index (χ0v) is 15.2. The van der Waals surface area contributed by atoms with Crippen molar-refractivity contribution in [1.82, 2.24) is 10.2 Å². The van der Waals surface area contributed by atoms with Gasteiger partial charge in [0.15, 0.2) is 5.96 Å². The summed E-state index contributed by atoms with van der Waals surface area (Å²) in [5, 5.41) is 3.66. The number of hydrogen-bond acceptors (Lipinski definition) is 1. The molecule has 1 aliphatic heterocycles. The first-order valence-corrected chi connectivity index (χ1v) is 7.62. The molecule has 112 valence electrons. The van der Waals surface area contributed by atoms with Gasteiger partial charge in [0.05, 0.1) is 0 Å². The maximum absolute atomic E-state index is 4.49. The summed E-state index contributed by atoms with van der Waals surface area (Å²) in [7, 11) is 1.92. The van der Waals surface area contributed by atoms with Gasteiger partial charge in [-0.05, 0) is 37.0 Å². The van der Waals surface area contributed by atoms with Crippen LogP contribution >= 0.6 is 24.0 Å². The van der Waals surface area contributed by atoms with E-state index < -0.39 is 0 Å². The molecule has 1 saturated heterocycles. The molecule has 2 aliphatic rings. The molecule has 2 fully saturated rings. The highest BCUT2D eigenvalue weighted by Crippen LogP contribution is 2.34. The fourth-order valence-electron chi connectivity index (χ4n) is 3.41. The molecule has 0 aromatic carbocycles. The molecule has 1 saturated carbocycles. The summed E-state index contributed by atoms with van der Waals surface area (Å²) in [6, 6.07) is 0.691. The largest absolute Gasteiger partial charge is 0.353 e. The van der Waals surface area contributed by atoms with Gasteiger partial charge in [-0.25, -0.2) is 0 Å². The van der Waals surface area contributed by atoms with Crippen LogP contribution in [0.1, 0.15) is 46.5 Å². The molecule has 4 unspecified atom stereocenters. The van der Waals surface area contributed by atoms with E-state index in [0.29, 0.717) is 6.04 Å². The SMILES string of the molecule is CCCC1CC1NC(=NC)N1CC(C)CC(C)C1.I. The van der Waals surface area contributed by atoms with E-state index in [9.17, 15) is 0 Å². The molecule has 0 amide bonds. The highest BCUT2D eigenvalue weighted by Gasteiger charge is 2.37. The monoisotopic (exact) mass is 379 g/mol. The number of nitrogens with zero attached hydrogens (tertiary/aromatic N) is 2. The van der Waals surface area contributed by atoms with Gasteiger partial charge in [0.25, 0.3) is 0 Å². The molecule has 2 rings (SSSR count). The van der Waals surface area contributed by atoms with Crippen LogP contribution in [0.15, 0.2) is 4.99 Å². The minimum absolute atomic E-state index is 0. The second-order valence-electron chi connectivity index (χ2n) is 6.43. The second kappa shape index (κ2) is 7.70. The lowest BCUT2D eigenvalue weighted by molar-refractivity contribution is 0.208. The Morgan fingerprint density at radius 3 is 2.37 bits per heavy atom. The predicted octanol–water partition coefficient (Wildman–Crippen LogP) is 3.35. The van der Waals surface area contributed by atoms with Crippen molar-refractivity contribution in [2.24, 2.45) is 22.7 Å². The number of aliphatic imine (C=N–C) groups is 1. The zero-order valence-electron chi connectivity index (χ0n) is 12.9. The minimum Gasteiger partial charge on any atom is -0.353 e. The Balaban J connectivity index is 0.00000180. The van der Waals surface area contributed by atoms with E-state index in [1.54, 1.807) is 0 Å². The van der Waals surface area contributed by atoms with Crippen molar-refractivity contribution in [3.05, 3.63) is 0 Å². The van der Waals surface area contributed by atoms with Crippen LogP contribution in [0, 0.1) is 17.8 Å². The molecule has 0 radical (unpaired) electrons. The molecule has 1 heterocycles. The van der Waals surface area contributed by atoms with E-state index in [-0.39, 0.29) is 24.0 Å². The lowest BCUT2D eigenvalue weighted by atomic mass is 9.92. The van der Waals surface area contributed by atoms with Crippen molar-refractivity contribution in [3.8, 4) is 0 Å². The number of guanidine groups is 1. The van der Waals surface area contributed by atoms with Gasteiger partial charge in [-0.3, -0.25) is 4.99 Å². The fourth-order valence-corrected chi connectivity index (χ4v) is 3.41. The maximum Gasteiger partial charge on any atom is 0.193 e. The van der Waals surface area contributed by atoms with Crippen LogP contribution in [-0.2, 0) is 0 Å². The Morgan fingerprint density at radius 2 is 1.84 bits per heavy atom. The Morgan fingerprint density at radius 1 is 1.21 bits per heavy atom. The molecule has 0 aromatic heterocycles. The van der Waals surface area contributed by atoms with Crippen molar-refractivity contribution in [3.63, 3.8) is 0 Å². The van der Waals surface area contributed by atoms with Crippen LogP contribution in [0.3, 0.4) is 0 Å². The predicted molar refractivity (Wildman–Crippen MR) is 93.2 cm³/mol. The molecular weight excluding hydrogens is 349 g/mol. The standard InChI is InChI=1S/C15H29N3.HI/c1-5-6-13-8-14(13)17-15(16-4)18-9-11(2)7-12(3)10-18;/h11-14H,5-10H2,1-4H3,(H,16,17);1H. The first kappa shape index (κ1) is 17.1. The number of nitrogens with one attached hydrogen (secondary N) is 1. The minimum atomic E-state index is 0. The summed E-state index contributed by atoms with van der Waals surface area (Å²) >= 11 is 0. The number of hydrogen-bond donors (Lipinski definition) is 1. The maximum atomic E-state index is 4.49. The fraction of sp³-hybridized carbons (Fsp3) is 0.933. The molecular formula is C15H30IN3. The number of likely N-dealkylation sites (tertiary alicyclic amines) is 1. The van der Waals surface area contributed by atoms with Crippen LogP contribution in [0.4, 0.5) is 0 Å². The third-order valence-corrected chi connectivity index (χ3v) is 4.28. The van der Waals surface area contributed by atoms with Crippen LogP contribution in [0.25, 0.3) is 0 Å².